The molecule has 1 saturated heterocycles. The van der Waals surface area contributed by atoms with Gasteiger partial charge in [-0.3, -0.25) is 4.90 Å². The molecule has 0 spiro atoms. The van der Waals surface area contributed by atoms with E-state index < -0.39 is 0 Å². The van der Waals surface area contributed by atoms with Crippen LogP contribution in [0.1, 0.15) is 44.1 Å². The van der Waals surface area contributed by atoms with E-state index in [4.69, 9.17) is 4.74 Å². The van der Waals surface area contributed by atoms with Gasteiger partial charge in [0.05, 0.1) is 13.2 Å². The number of morpholine rings is 1. The minimum Gasteiger partial charge on any atom is -0.385 e. The molecule has 3 nitrogen and oxygen atoms in total. The van der Waals surface area contributed by atoms with E-state index >= 15 is 0 Å². The maximum atomic E-state index is 5.40. The van der Waals surface area contributed by atoms with E-state index in [0.29, 0.717) is 0 Å². The predicted molar refractivity (Wildman–Crippen MR) is 92.2 cm³/mol. The lowest BCUT2D eigenvalue weighted by Crippen LogP contribution is -2.35. The molecule has 0 atom stereocenters. The summed E-state index contributed by atoms with van der Waals surface area (Å²) in [5, 5.41) is 3.59. The third kappa shape index (κ3) is 4.99. The molecule has 1 aliphatic heterocycles. The number of nitrogens with one attached hydrogen (secondary N) is 1. The maximum absolute atomic E-state index is 5.40. The molecule has 0 unspecified atom stereocenters. The van der Waals surface area contributed by atoms with Crippen molar-refractivity contribution in [1.82, 2.24) is 4.90 Å². The summed E-state index contributed by atoms with van der Waals surface area (Å²) in [6, 6.07) is 8.99. The highest BCUT2D eigenvalue weighted by molar-refractivity contribution is 5.44. The maximum Gasteiger partial charge on any atom is 0.0594 e. The Bertz CT molecular complexity index is 420. The molecule has 0 aromatic heterocycles. The van der Waals surface area contributed by atoms with Crippen LogP contribution in [0.25, 0.3) is 0 Å². The molecular formula is C19H30N2O. The van der Waals surface area contributed by atoms with Gasteiger partial charge < -0.3 is 10.1 Å². The molecule has 122 valence electrons. The Morgan fingerprint density at radius 1 is 1.00 bits per heavy atom. The molecule has 0 bridgehead atoms. The van der Waals surface area contributed by atoms with E-state index in [2.05, 4.69) is 34.5 Å². The van der Waals surface area contributed by atoms with E-state index in [9.17, 15) is 0 Å². The summed E-state index contributed by atoms with van der Waals surface area (Å²) in [6.45, 7) is 6.03. The number of rotatable bonds is 6. The lowest BCUT2D eigenvalue weighted by molar-refractivity contribution is 0.0342. The van der Waals surface area contributed by atoms with Crippen molar-refractivity contribution in [3.8, 4) is 0 Å². The van der Waals surface area contributed by atoms with Gasteiger partial charge in [-0.15, -0.1) is 0 Å². The van der Waals surface area contributed by atoms with Gasteiger partial charge in [0.25, 0.3) is 0 Å². The van der Waals surface area contributed by atoms with Crippen LogP contribution in [-0.2, 0) is 11.3 Å². The summed E-state index contributed by atoms with van der Waals surface area (Å²) in [5.74, 6) is 0.960. The molecule has 1 aromatic rings. The highest BCUT2D eigenvalue weighted by Crippen LogP contribution is 2.26. The Kier molecular flexibility index (Phi) is 6.14. The van der Waals surface area contributed by atoms with Gasteiger partial charge in [-0.2, -0.15) is 0 Å². The first-order valence-corrected chi connectivity index (χ1v) is 9.03. The van der Waals surface area contributed by atoms with Crippen LogP contribution in [0.5, 0.6) is 0 Å². The fourth-order valence-corrected chi connectivity index (χ4v) is 3.64. The molecule has 0 amide bonds. The molecule has 22 heavy (non-hydrogen) atoms. The van der Waals surface area contributed by atoms with Crippen LogP contribution in [0.2, 0.25) is 0 Å². The topological polar surface area (TPSA) is 24.5 Å². The highest BCUT2D eigenvalue weighted by atomic mass is 16.5. The predicted octanol–water partition coefficient (Wildman–Crippen LogP) is 3.90. The first kappa shape index (κ1) is 15.8. The van der Waals surface area contributed by atoms with Gasteiger partial charge in [0.2, 0.25) is 0 Å². The lowest BCUT2D eigenvalue weighted by atomic mass is 9.87. The number of anilines is 1. The monoisotopic (exact) mass is 302 g/mol. The Morgan fingerprint density at radius 3 is 2.45 bits per heavy atom. The summed E-state index contributed by atoms with van der Waals surface area (Å²) >= 11 is 0. The Balaban J connectivity index is 1.39. The van der Waals surface area contributed by atoms with Gasteiger partial charge >= 0.3 is 0 Å². The van der Waals surface area contributed by atoms with E-state index in [1.54, 1.807) is 0 Å². The standard InChI is InChI=1S/C19H30N2O/c1-2-4-17(5-3-1)10-11-20-19-8-6-18(7-9-19)16-21-12-14-22-15-13-21/h6-9,17,20H,1-5,10-16H2. The van der Waals surface area contributed by atoms with Crippen LogP contribution in [0.15, 0.2) is 24.3 Å². The average molecular weight is 302 g/mol. The number of hydrogen-bond donors (Lipinski definition) is 1. The summed E-state index contributed by atoms with van der Waals surface area (Å²) in [7, 11) is 0. The van der Waals surface area contributed by atoms with E-state index in [0.717, 1.165) is 45.3 Å². The summed E-state index contributed by atoms with van der Waals surface area (Å²) in [4.78, 5) is 2.47. The zero-order valence-corrected chi connectivity index (χ0v) is 13.7. The number of ether oxygens (including phenoxy) is 1. The van der Waals surface area contributed by atoms with Crippen molar-refractivity contribution in [2.45, 2.75) is 45.1 Å². The van der Waals surface area contributed by atoms with Crippen molar-refractivity contribution in [3.05, 3.63) is 29.8 Å². The van der Waals surface area contributed by atoms with Gasteiger partial charge in [0.1, 0.15) is 0 Å². The molecule has 1 heterocycles. The highest BCUT2D eigenvalue weighted by Gasteiger charge is 2.13. The van der Waals surface area contributed by atoms with Gasteiger partial charge in [-0.25, -0.2) is 0 Å². The molecule has 1 aliphatic carbocycles. The van der Waals surface area contributed by atoms with Crippen LogP contribution >= 0.6 is 0 Å². The van der Waals surface area contributed by atoms with E-state index in [-0.39, 0.29) is 0 Å². The molecule has 1 N–H and O–H groups in total. The molecule has 2 aliphatic rings. The van der Waals surface area contributed by atoms with Gasteiger partial charge in [0.15, 0.2) is 0 Å². The third-order valence-electron chi connectivity index (χ3n) is 5.07. The minimum atomic E-state index is 0.876. The zero-order chi connectivity index (χ0) is 15.0. The van der Waals surface area contributed by atoms with E-state index in [1.807, 2.05) is 0 Å². The fourth-order valence-electron chi connectivity index (χ4n) is 3.64. The molecule has 3 rings (SSSR count). The van der Waals surface area contributed by atoms with E-state index in [1.165, 1.54) is 49.8 Å². The molecule has 1 saturated carbocycles. The minimum absolute atomic E-state index is 0.876. The van der Waals surface area contributed by atoms with Crippen LogP contribution in [0.3, 0.4) is 0 Å². The van der Waals surface area contributed by atoms with Gasteiger partial charge in [0, 0.05) is 31.9 Å². The summed E-state index contributed by atoms with van der Waals surface area (Å²) < 4.78 is 5.40. The van der Waals surface area contributed by atoms with Crippen LogP contribution < -0.4 is 5.32 Å². The van der Waals surface area contributed by atoms with Crippen molar-refractivity contribution >= 4 is 5.69 Å². The quantitative estimate of drug-likeness (QED) is 0.862. The van der Waals surface area contributed by atoms with Crippen molar-refractivity contribution in [1.29, 1.82) is 0 Å². The van der Waals surface area contributed by atoms with Crippen molar-refractivity contribution < 1.29 is 4.74 Å². The SMILES string of the molecule is c1cc(NCCC2CCCCC2)ccc1CN1CCOCC1. The van der Waals surface area contributed by atoms with Crippen LogP contribution in [0.4, 0.5) is 5.69 Å². The fraction of sp³-hybridized carbons (Fsp3) is 0.684. The summed E-state index contributed by atoms with van der Waals surface area (Å²) in [6.07, 6.45) is 8.56. The Labute approximate surface area is 135 Å². The first-order chi connectivity index (χ1) is 10.9. The van der Waals surface area contributed by atoms with Gasteiger partial charge in [-0.05, 0) is 30.0 Å². The number of nitrogens with zero attached hydrogens (tertiary/aromatic N) is 1. The third-order valence-corrected chi connectivity index (χ3v) is 5.07. The molecule has 2 fully saturated rings. The molecule has 1 aromatic carbocycles. The zero-order valence-electron chi connectivity index (χ0n) is 13.7. The van der Waals surface area contributed by atoms with Gasteiger partial charge in [-0.1, -0.05) is 44.2 Å². The second-order valence-corrected chi connectivity index (χ2v) is 6.80. The molecule has 3 heteroatoms. The second kappa shape index (κ2) is 8.54. The molecular weight excluding hydrogens is 272 g/mol. The average Bonchev–Trinajstić information content (AvgIpc) is 2.58. The van der Waals surface area contributed by atoms with Crippen molar-refractivity contribution in [2.75, 3.05) is 38.2 Å². The van der Waals surface area contributed by atoms with Crippen LogP contribution in [-0.4, -0.2) is 37.7 Å². The Morgan fingerprint density at radius 2 is 1.73 bits per heavy atom. The first-order valence-electron chi connectivity index (χ1n) is 9.03. The summed E-state index contributed by atoms with van der Waals surface area (Å²) in [5.41, 5.74) is 2.67. The second-order valence-electron chi connectivity index (χ2n) is 6.80. The van der Waals surface area contributed by atoms with Crippen molar-refractivity contribution in [2.24, 2.45) is 5.92 Å². The largest absolute Gasteiger partial charge is 0.385 e. The smallest absolute Gasteiger partial charge is 0.0594 e. The number of hydrogen-bond acceptors (Lipinski definition) is 3. The number of benzene rings is 1. The van der Waals surface area contributed by atoms with Crippen LogP contribution in [0, 0.1) is 5.92 Å². The lowest BCUT2D eigenvalue weighted by Gasteiger charge is -2.26. The molecule has 0 radical (unpaired) electrons. The van der Waals surface area contributed by atoms with Crippen molar-refractivity contribution in [3.63, 3.8) is 0 Å². The normalized spacial score (nSPS) is 20.9. The Hall–Kier alpha value is -1.06.